The molecule has 0 N–H and O–H groups in total. The van der Waals surface area contributed by atoms with Crippen molar-refractivity contribution in [2.24, 2.45) is 0 Å². The van der Waals surface area contributed by atoms with Gasteiger partial charge in [-0.15, -0.1) is 0 Å². The van der Waals surface area contributed by atoms with E-state index in [1.54, 1.807) is 6.41 Å². The lowest BCUT2D eigenvalue weighted by Crippen LogP contribution is -2.45. The average molecular weight is 272 g/mol. The SMILES string of the molecule is CCCC[Si](C)(C)C(C)OC(=O)N([C]=O)CCC. The maximum absolute atomic E-state index is 11.8. The van der Waals surface area contributed by atoms with Gasteiger partial charge in [0.05, 0.1) is 13.8 Å². The number of amides is 2. The second-order valence-corrected chi connectivity index (χ2v) is 10.7. The van der Waals surface area contributed by atoms with Crippen LogP contribution < -0.4 is 0 Å². The van der Waals surface area contributed by atoms with Gasteiger partial charge < -0.3 is 4.74 Å². The molecule has 0 saturated heterocycles. The average Bonchev–Trinajstić information content (AvgIpc) is 2.33. The van der Waals surface area contributed by atoms with Crippen molar-refractivity contribution in [3.05, 3.63) is 0 Å². The lowest BCUT2D eigenvalue weighted by Gasteiger charge is -2.30. The Labute approximate surface area is 112 Å². The number of hydrogen-bond donors (Lipinski definition) is 0. The Morgan fingerprint density at radius 1 is 1.33 bits per heavy atom. The summed E-state index contributed by atoms with van der Waals surface area (Å²) in [6.07, 6.45) is 4.11. The number of rotatable bonds is 8. The van der Waals surface area contributed by atoms with Crippen molar-refractivity contribution in [3.8, 4) is 0 Å². The van der Waals surface area contributed by atoms with E-state index in [0.29, 0.717) is 6.54 Å². The lowest BCUT2D eigenvalue weighted by atomic mass is 10.4. The third-order valence-corrected chi connectivity index (χ3v) is 7.29. The fourth-order valence-corrected chi connectivity index (χ4v) is 3.70. The van der Waals surface area contributed by atoms with E-state index in [9.17, 15) is 9.59 Å². The number of ether oxygens (including phenoxy) is 1. The highest BCUT2D eigenvalue weighted by Crippen LogP contribution is 2.20. The molecule has 0 aliphatic rings. The Morgan fingerprint density at radius 3 is 2.39 bits per heavy atom. The topological polar surface area (TPSA) is 46.6 Å². The van der Waals surface area contributed by atoms with Crippen LogP contribution >= 0.6 is 0 Å². The zero-order chi connectivity index (χ0) is 14.2. The van der Waals surface area contributed by atoms with Gasteiger partial charge in [0.15, 0.2) is 0 Å². The third-order valence-electron chi connectivity index (χ3n) is 3.33. The first kappa shape index (κ1) is 17.2. The number of nitrogens with zero attached hydrogens (tertiary/aromatic N) is 1. The van der Waals surface area contributed by atoms with Crippen LogP contribution in [0.15, 0.2) is 0 Å². The highest BCUT2D eigenvalue weighted by Gasteiger charge is 2.32. The second kappa shape index (κ2) is 8.29. The molecule has 0 spiro atoms. The highest BCUT2D eigenvalue weighted by atomic mass is 28.3. The summed E-state index contributed by atoms with van der Waals surface area (Å²) in [6, 6.07) is 1.14. The van der Waals surface area contributed by atoms with Crippen LogP contribution in [0.4, 0.5) is 4.79 Å². The first-order valence-corrected chi connectivity index (χ1v) is 10.0. The number of carbonyl (C=O) groups excluding carboxylic acids is 2. The minimum Gasteiger partial charge on any atom is -0.450 e. The van der Waals surface area contributed by atoms with E-state index in [2.05, 4.69) is 20.0 Å². The Hall–Kier alpha value is -0.843. The van der Waals surface area contributed by atoms with Crippen LogP contribution in [0.2, 0.25) is 19.1 Å². The lowest BCUT2D eigenvalue weighted by molar-refractivity contribution is 0.110. The van der Waals surface area contributed by atoms with E-state index in [1.807, 2.05) is 13.8 Å². The van der Waals surface area contributed by atoms with Gasteiger partial charge in [-0.05, 0) is 13.3 Å². The van der Waals surface area contributed by atoms with Crippen LogP contribution in [0.3, 0.4) is 0 Å². The molecular weight excluding hydrogens is 246 g/mol. The van der Waals surface area contributed by atoms with Gasteiger partial charge in [0.1, 0.15) is 0 Å². The Balaban J connectivity index is 4.39. The Morgan fingerprint density at radius 2 is 1.94 bits per heavy atom. The fourth-order valence-electron chi connectivity index (χ4n) is 1.61. The minimum absolute atomic E-state index is 0.0794. The Kier molecular flexibility index (Phi) is 7.90. The molecule has 0 aromatic rings. The minimum atomic E-state index is -1.57. The summed E-state index contributed by atoms with van der Waals surface area (Å²) in [5.41, 5.74) is -0.0794. The van der Waals surface area contributed by atoms with Crippen LogP contribution in [0, 0.1) is 0 Å². The smallest absolute Gasteiger partial charge is 0.416 e. The molecule has 4 nitrogen and oxygen atoms in total. The molecule has 0 aromatic heterocycles. The quantitative estimate of drug-likeness (QED) is 0.503. The molecule has 0 aliphatic carbocycles. The largest absolute Gasteiger partial charge is 0.450 e. The van der Waals surface area contributed by atoms with Gasteiger partial charge in [0, 0.05) is 6.54 Å². The monoisotopic (exact) mass is 272 g/mol. The van der Waals surface area contributed by atoms with Crippen molar-refractivity contribution in [2.75, 3.05) is 6.54 Å². The molecule has 0 saturated carbocycles. The molecule has 5 heteroatoms. The molecule has 1 unspecified atom stereocenters. The second-order valence-electron chi connectivity index (χ2n) is 5.36. The van der Waals surface area contributed by atoms with Crippen molar-refractivity contribution in [3.63, 3.8) is 0 Å². The summed E-state index contributed by atoms with van der Waals surface area (Å²) in [4.78, 5) is 23.4. The maximum atomic E-state index is 11.8. The van der Waals surface area contributed by atoms with Crippen molar-refractivity contribution in [1.29, 1.82) is 0 Å². The molecule has 0 fully saturated rings. The zero-order valence-corrected chi connectivity index (χ0v) is 13.3. The van der Waals surface area contributed by atoms with Crippen molar-refractivity contribution < 1.29 is 14.3 Å². The summed E-state index contributed by atoms with van der Waals surface area (Å²) >= 11 is 0. The summed E-state index contributed by atoms with van der Waals surface area (Å²) in [5, 5.41) is 0. The van der Waals surface area contributed by atoms with E-state index >= 15 is 0 Å². The van der Waals surface area contributed by atoms with E-state index < -0.39 is 14.2 Å². The summed E-state index contributed by atoms with van der Waals surface area (Å²) < 4.78 is 5.40. The van der Waals surface area contributed by atoms with Gasteiger partial charge in [-0.1, -0.05) is 45.8 Å². The molecule has 0 bridgehead atoms. The van der Waals surface area contributed by atoms with Crippen molar-refractivity contribution in [1.82, 2.24) is 4.90 Å². The number of hydrogen-bond acceptors (Lipinski definition) is 3. The fraction of sp³-hybridized carbons (Fsp3) is 0.846. The molecule has 0 aromatic carbocycles. The first-order valence-electron chi connectivity index (χ1n) is 6.75. The predicted octanol–water partition coefficient (Wildman–Crippen LogP) is 3.34. The molecule has 1 atom stereocenters. The number of carbonyl (C=O) groups is 1. The van der Waals surface area contributed by atoms with Crippen LogP contribution in [-0.4, -0.2) is 37.7 Å². The summed E-state index contributed by atoms with van der Waals surface area (Å²) in [6.45, 7) is 10.8. The van der Waals surface area contributed by atoms with Crippen LogP contribution in [0.1, 0.15) is 40.0 Å². The van der Waals surface area contributed by atoms with Crippen LogP contribution in [-0.2, 0) is 9.53 Å². The summed E-state index contributed by atoms with van der Waals surface area (Å²) in [7, 11) is -1.57. The third kappa shape index (κ3) is 5.66. The predicted molar refractivity (Wildman–Crippen MR) is 75.8 cm³/mol. The van der Waals surface area contributed by atoms with E-state index in [-0.39, 0.29) is 5.73 Å². The van der Waals surface area contributed by atoms with Gasteiger partial charge >= 0.3 is 12.5 Å². The Bertz CT molecular complexity index is 269. The van der Waals surface area contributed by atoms with E-state index in [0.717, 1.165) is 23.8 Å². The zero-order valence-electron chi connectivity index (χ0n) is 12.3. The molecule has 0 aliphatic heterocycles. The highest BCUT2D eigenvalue weighted by molar-refractivity contribution is 6.78. The van der Waals surface area contributed by atoms with Gasteiger partial charge in [-0.25, -0.2) is 9.69 Å². The van der Waals surface area contributed by atoms with Gasteiger partial charge in [-0.3, -0.25) is 4.79 Å². The first-order chi connectivity index (χ1) is 8.38. The van der Waals surface area contributed by atoms with Crippen molar-refractivity contribution in [2.45, 2.75) is 64.9 Å². The van der Waals surface area contributed by atoms with E-state index in [1.165, 1.54) is 6.42 Å². The van der Waals surface area contributed by atoms with Crippen LogP contribution in [0.5, 0.6) is 0 Å². The molecule has 1 radical (unpaired) electrons. The molecule has 0 heterocycles. The summed E-state index contributed by atoms with van der Waals surface area (Å²) in [5.74, 6) is 0. The van der Waals surface area contributed by atoms with Crippen LogP contribution in [0.25, 0.3) is 0 Å². The molecule has 2 amide bonds. The standard InChI is InChI=1S/C13H26NO3Si/c1-6-8-10-18(4,5)12(3)17-13(16)14(11-15)9-7-2/h12H,6-10H2,1-5H3. The molecule has 18 heavy (non-hydrogen) atoms. The molecule has 105 valence electrons. The number of unbranched alkanes of at least 4 members (excludes halogenated alkanes) is 1. The normalized spacial score (nSPS) is 12.9. The van der Waals surface area contributed by atoms with Crippen molar-refractivity contribution >= 4 is 20.6 Å². The molecule has 0 rings (SSSR count). The molecular formula is C13H26NO3Si. The van der Waals surface area contributed by atoms with E-state index in [4.69, 9.17) is 4.74 Å². The van der Waals surface area contributed by atoms with Gasteiger partial charge in [-0.2, -0.15) is 0 Å². The van der Waals surface area contributed by atoms with Gasteiger partial charge in [0.25, 0.3) is 0 Å². The maximum Gasteiger partial charge on any atom is 0.416 e. The van der Waals surface area contributed by atoms with Gasteiger partial charge in [0.2, 0.25) is 0 Å². The number of imide groups is 1.